The highest BCUT2D eigenvalue weighted by molar-refractivity contribution is 5.76. The first-order valence-electron chi connectivity index (χ1n) is 8.14. The zero-order valence-corrected chi connectivity index (χ0v) is 12.4. The minimum absolute atomic E-state index is 0.357. The predicted octanol–water partition coefficient (Wildman–Crippen LogP) is 0.309. The molecule has 20 heavy (non-hydrogen) atoms. The molecule has 3 saturated heterocycles. The lowest BCUT2D eigenvalue weighted by Crippen LogP contribution is -2.50. The monoisotopic (exact) mass is 281 g/mol. The van der Waals surface area contributed by atoms with E-state index in [0.717, 1.165) is 65.3 Å². The second-order valence-corrected chi connectivity index (χ2v) is 6.38. The van der Waals surface area contributed by atoms with Crippen molar-refractivity contribution in [2.24, 2.45) is 5.92 Å². The molecular weight excluding hydrogens is 254 g/mol. The van der Waals surface area contributed by atoms with E-state index in [1.807, 2.05) is 0 Å². The lowest BCUT2D eigenvalue weighted by atomic mass is 10.0. The van der Waals surface area contributed by atoms with Gasteiger partial charge in [-0.2, -0.15) is 0 Å². The van der Waals surface area contributed by atoms with Crippen molar-refractivity contribution in [1.82, 2.24) is 15.1 Å². The zero-order chi connectivity index (χ0) is 13.8. The summed E-state index contributed by atoms with van der Waals surface area (Å²) in [5.74, 6) is 0.919. The summed E-state index contributed by atoms with van der Waals surface area (Å²) in [5.41, 5.74) is 0. The SMILES string of the molecule is O=C(CC1CCNC1)N1CCN(CC2CCCO2)CC1. The first-order chi connectivity index (χ1) is 9.81. The van der Waals surface area contributed by atoms with E-state index in [9.17, 15) is 4.79 Å². The van der Waals surface area contributed by atoms with Gasteiger partial charge in [0.25, 0.3) is 0 Å². The van der Waals surface area contributed by atoms with Gasteiger partial charge in [-0.3, -0.25) is 9.69 Å². The second kappa shape index (κ2) is 6.87. The number of carbonyl (C=O) groups is 1. The molecule has 1 N–H and O–H groups in total. The second-order valence-electron chi connectivity index (χ2n) is 6.38. The van der Waals surface area contributed by atoms with Gasteiger partial charge in [0, 0.05) is 45.8 Å². The predicted molar refractivity (Wildman–Crippen MR) is 77.6 cm³/mol. The summed E-state index contributed by atoms with van der Waals surface area (Å²) in [4.78, 5) is 16.8. The lowest BCUT2D eigenvalue weighted by Gasteiger charge is -2.36. The molecule has 1 amide bonds. The van der Waals surface area contributed by atoms with Crippen LogP contribution in [0.1, 0.15) is 25.7 Å². The number of piperazine rings is 1. The number of carbonyl (C=O) groups excluding carboxylic acids is 1. The van der Waals surface area contributed by atoms with E-state index in [-0.39, 0.29) is 0 Å². The highest BCUT2D eigenvalue weighted by atomic mass is 16.5. The first-order valence-corrected chi connectivity index (χ1v) is 8.14. The molecule has 2 atom stereocenters. The molecule has 3 heterocycles. The summed E-state index contributed by atoms with van der Waals surface area (Å²) in [6, 6.07) is 0. The van der Waals surface area contributed by atoms with Gasteiger partial charge in [-0.1, -0.05) is 0 Å². The normalized spacial score (nSPS) is 31.9. The molecule has 2 unspecified atom stereocenters. The molecule has 0 aromatic heterocycles. The quantitative estimate of drug-likeness (QED) is 0.805. The van der Waals surface area contributed by atoms with E-state index in [1.54, 1.807) is 0 Å². The molecule has 3 aliphatic heterocycles. The molecular formula is C15H27N3O2. The largest absolute Gasteiger partial charge is 0.377 e. The van der Waals surface area contributed by atoms with E-state index < -0.39 is 0 Å². The van der Waals surface area contributed by atoms with Crippen LogP contribution in [0.15, 0.2) is 0 Å². The molecule has 0 spiro atoms. The Morgan fingerprint density at radius 1 is 1.20 bits per heavy atom. The maximum absolute atomic E-state index is 12.3. The minimum atomic E-state index is 0.357. The topological polar surface area (TPSA) is 44.8 Å². The van der Waals surface area contributed by atoms with Gasteiger partial charge < -0.3 is 15.0 Å². The molecule has 3 fully saturated rings. The summed E-state index contributed by atoms with van der Waals surface area (Å²) in [7, 11) is 0. The number of nitrogens with one attached hydrogen (secondary N) is 1. The number of amides is 1. The highest BCUT2D eigenvalue weighted by Gasteiger charge is 2.26. The molecule has 5 nitrogen and oxygen atoms in total. The molecule has 3 rings (SSSR count). The summed E-state index contributed by atoms with van der Waals surface area (Å²) in [6.07, 6.45) is 4.73. The van der Waals surface area contributed by atoms with Gasteiger partial charge in [0.15, 0.2) is 0 Å². The van der Waals surface area contributed by atoms with Crippen molar-refractivity contribution < 1.29 is 9.53 Å². The Bertz CT molecular complexity index is 317. The summed E-state index contributed by atoms with van der Waals surface area (Å²) in [5, 5.41) is 3.34. The average Bonchev–Trinajstić information content (AvgIpc) is 3.13. The molecule has 0 radical (unpaired) electrons. The smallest absolute Gasteiger partial charge is 0.222 e. The molecule has 3 aliphatic rings. The number of hydrogen-bond donors (Lipinski definition) is 1. The van der Waals surface area contributed by atoms with Crippen LogP contribution < -0.4 is 5.32 Å². The van der Waals surface area contributed by atoms with Crippen LogP contribution in [0, 0.1) is 5.92 Å². The van der Waals surface area contributed by atoms with Gasteiger partial charge in [-0.15, -0.1) is 0 Å². The fourth-order valence-electron chi connectivity index (χ4n) is 3.52. The Balaban J connectivity index is 1.37. The number of rotatable bonds is 4. The van der Waals surface area contributed by atoms with Crippen molar-refractivity contribution in [3.63, 3.8) is 0 Å². The van der Waals surface area contributed by atoms with Crippen LogP contribution in [0.5, 0.6) is 0 Å². The molecule has 0 aliphatic carbocycles. The third kappa shape index (κ3) is 3.71. The van der Waals surface area contributed by atoms with Gasteiger partial charge in [-0.05, 0) is 38.3 Å². The Kier molecular flexibility index (Phi) is 4.91. The lowest BCUT2D eigenvalue weighted by molar-refractivity contribution is -0.134. The van der Waals surface area contributed by atoms with Crippen LogP contribution >= 0.6 is 0 Å². The van der Waals surface area contributed by atoms with E-state index in [2.05, 4.69) is 15.1 Å². The van der Waals surface area contributed by atoms with Crippen LogP contribution in [0.25, 0.3) is 0 Å². The van der Waals surface area contributed by atoms with Crippen molar-refractivity contribution >= 4 is 5.91 Å². The van der Waals surface area contributed by atoms with Gasteiger partial charge in [-0.25, -0.2) is 0 Å². The fraction of sp³-hybridized carbons (Fsp3) is 0.933. The van der Waals surface area contributed by atoms with Crippen LogP contribution in [0.3, 0.4) is 0 Å². The average molecular weight is 281 g/mol. The zero-order valence-electron chi connectivity index (χ0n) is 12.4. The minimum Gasteiger partial charge on any atom is -0.377 e. The van der Waals surface area contributed by atoms with Crippen molar-refractivity contribution in [2.45, 2.75) is 31.8 Å². The number of ether oxygens (including phenoxy) is 1. The van der Waals surface area contributed by atoms with Gasteiger partial charge >= 0.3 is 0 Å². The molecule has 0 bridgehead atoms. The van der Waals surface area contributed by atoms with Crippen LogP contribution in [0.4, 0.5) is 0 Å². The van der Waals surface area contributed by atoms with E-state index in [0.29, 0.717) is 17.9 Å². The maximum atomic E-state index is 12.3. The summed E-state index contributed by atoms with van der Waals surface area (Å²) in [6.45, 7) is 7.88. The van der Waals surface area contributed by atoms with E-state index in [4.69, 9.17) is 4.74 Å². The first kappa shape index (κ1) is 14.3. The van der Waals surface area contributed by atoms with Gasteiger partial charge in [0.2, 0.25) is 5.91 Å². The summed E-state index contributed by atoms with van der Waals surface area (Å²) >= 11 is 0. The molecule has 5 heteroatoms. The molecule has 0 saturated carbocycles. The Morgan fingerprint density at radius 3 is 2.70 bits per heavy atom. The third-order valence-corrected chi connectivity index (χ3v) is 4.84. The number of hydrogen-bond acceptors (Lipinski definition) is 4. The highest BCUT2D eigenvalue weighted by Crippen LogP contribution is 2.17. The Morgan fingerprint density at radius 2 is 2.05 bits per heavy atom. The summed E-state index contributed by atoms with van der Waals surface area (Å²) < 4.78 is 5.69. The van der Waals surface area contributed by atoms with Gasteiger partial charge in [0.05, 0.1) is 6.10 Å². The molecule has 0 aromatic rings. The van der Waals surface area contributed by atoms with Crippen LogP contribution in [-0.2, 0) is 9.53 Å². The Hall–Kier alpha value is -0.650. The van der Waals surface area contributed by atoms with Crippen molar-refractivity contribution in [2.75, 3.05) is 52.4 Å². The fourth-order valence-corrected chi connectivity index (χ4v) is 3.52. The standard InChI is InChI=1S/C15H27N3O2/c19-15(10-13-3-4-16-11-13)18-7-5-17(6-8-18)12-14-2-1-9-20-14/h13-14,16H,1-12H2. The molecule has 0 aromatic carbocycles. The van der Waals surface area contributed by atoms with Gasteiger partial charge in [0.1, 0.15) is 0 Å². The number of nitrogens with zero attached hydrogens (tertiary/aromatic N) is 2. The van der Waals surface area contributed by atoms with Crippen LogP contribution in [-0.4, -0.2) is 74.2 Å². The Labute approximate surface area is 121 Å². The van der Waals surface area contributed by atoms with E-state index in [1.165, 1.54) is 12.8 Å². The van der Waals surface area contributed by atoms with E-state index >= 15 is 0 Å². The molecule has 114 valence electrons. The van der Waals surface area contributed by atoms with Crippen LogP contribution in [0.2, 0.25) is 0 Å². The van der Waals surface area contributed by atoms with Crippen molar-refractivity contribution in [1.29, 1.82) is 0 Å². The third-order valence-electron chi connectivity index (χ3n) is 4.84. The maximum Gasteiger partial charge on any atom is 0.222 e. The van der Waals surface area contributed by atoms with Crippen molar-refractivity contribution in [3.8, 4) is 0 Å². The van der Waals surface area contributed by atoms with Crippen molar-refractivity contribution in [3.05, 3.63) is 0 Å².